The predicted molar refractivity (Wildman–Crippen MR) is 157 cm³/mol. The number of hydrogen-bond donors (Lipinski definition) is 1. The van der Waals surface area contributed by atoms with Crippen LogP contribution in [0, 0.1) is 20.8 Å². The minimum Gasteiger partial charge on any atom is -0.337 e. The Kier molecular flexibility index (Phi) is 5.37. The summed E-state index contributed by atoms with van der Waals surface area (Å²) in [5.41, 5.74) is 9.01. The molecule has 3 aromatic carbocycles. The van der Waals surface area contributed by atoms with Crippen LogP contribution in [0.15, 0.2) is 107 Å². The third-order valence-electron chi connectivity index (χ3n) is 7.17. The maximum atomic E-state index is 5.28. The number of aromatic nitrogens is 3. The molecule has 1 atom stereocenters. The Morgan fingerprint density at radius 1 is 0.769 bits per heavy atom. The first-order valence-electron chi connectivity index (χ1n) is 13.0. The molecule has 2 aromatic heterocycles. The molecule has 4 heterocycles. The van der Waals surface area contributed by atoms with Gasteiger partial charge in [-0.3, -0.25) is 4.98 Å². The Morgan fingerprint density at radius 3 is 2.38 bits per heavy atom. The number of rotatable bonds is 3. The average molecular weight is 510 g/mol. The summed E-state index contributed by atoms with van der Waals surface area (Å²) in [6.45, 7) is 6.22. The Hall–Kier alpha value is -5.04. The van der Waals surface area contributed by atoms with Crippen molar-refractivity contribution in [2.24, 2.45) is 9.98 Å². The van der Waals surface area contributed by atoms with Crippen LogP contribution in [0.4, 0.5) is 22.9 Å². The third kappa shape index (κ3) is 3.90. The van der Waals surface area contributed by atoms with Crippen LogP contribution in [0.2, 0.25) is 0 Å². The number of anilines is 2. The summed E-state index contributed by atoms with van der Waals surface area (Å²) < 4.78 is 1.94. The number of nitrogens with one attached hydrogen (secondary N) is 1. The molecule has 0 aliphatic carbocycles. The Bertz CT molecular complexity index is 1760. The minimum atomic E-state index is -0.237. The molecule has 2 aliphatic heterocycles. The van der Waals surface area contributed by atoms with Gasteiger partial charge in [0.05, 0.1) is 28.5 Å². The van der Waals surface area contributed by atoms with E-state index in [4.69, 9.17) is 20.1 Å². The van der Waals surface area contributed by atoms with E-state index in [0.717, 1.165) is 51.4 Å². The van der Waals surface area contributed by atoms with Crippen LogP contribution >= 0.6 is 0 Å². The first-order chi connectivity index (χ1) is 19.1. The van der Waals surface area contributed by atoms with Crippen LogP contribution in [0.25, 0.3) is 5.69 Å². The fourth-order valence-corrected chi connectivity index (χ4v) is 5.34. The molecule has 1 unspecified atom stereocenters. The van der Waals surface area contributed by atoms with E-state index in [1.807, 2.05) is 53.3 Å². The number of pyridine rings is 1. The summed E-state index contributed by atoms with van der Waals surface area (Å²) in [4.78, 5) is 17.4. The summed E-state index contributed by atoms with van der Waals surface area (Å²) in [5, 5.41) is 8.56. The number of aryl methyl sites for hydroxylation is 3. The van der Waals surface area contributed by atoms with Gasteiger partial charge in [-0.15, -0.1) is 0 Å². The molecule has 0 bridgehead atoms. The van der Waals surface area contributed by atoms with Crippen LogP contribution in [0.1, 0.15) is 34.1 Å². The summed E-state index contributed by atoms with van der Waals surface area (Å²) in [6.07, 6.45) is 1.84. The second-order valence-corrected chi connectivity index (χ2v) is 9.98. The molecule has 0 amide bonds. The fourth-order valence-electron chi connectivity index (χ4n) is 5.34. The largest absolute Gasteiger partial charge is 0.337 e. The summed E-state index contributed by atoms with van der Waals surface area (Å²) in [6, 6.07) is 30.6. The van der Waals surface area contributed by atoms with E-state index in [1.165, 1.54) is 11.1 Å². The predicted octanol–water partition coefficient (Wildman–Crippen LogP) is 6.99. The topological polar surface area (TPSA) is 70.7 Å². The lowest BCUT2D eigenvalue weighted by atomic mass is 9.96. The Balaban J connectivity index is 1.49. The van der Waals surface area contributed by atoms with Crippen molar-refractivity contribution in [2.75, 3.05) is 10.2 Å². The molecule has 0 saturated heterocycles. The smallest absolute Gasteiger partial charge is 0.179 e. The van der Waals surface area contributed by atoms with Crippen molar-refractivity contribution in [3.8, 4) is 5.69 Å². The van der Waals surface area contributed by atoms with Crippen LogP contribution in [0.5, 0.6) is 0 Å². The van der Waals surface area contributed by atoms with Crippen molar-refractivity contribution in [1.29, 1.82) is 0 Å². The molecule has 7 nitrogen and oxygen atoms in total. The van der Waals surface area contributed by atoms with E-state index in [2.05, 4.69) is 79.5 Å². The van der Waals surface area contributed by atoms with E-state index in [0.29, 0.717) is 5.84 Å². The maximum absolute atomic E-state index is 5.28. The van der Waals surface area contributed by atoms with Crippen LogP contribution < -0.4 is 10.2 Å². The lowest BCUT2D eigenvalue weighted by molar-refractivity contribution is 0.785. The third-order valence-corrected chi connectivity index (χ3v) is 7.17. The number of hydrogen-bond acceptors (Lipinski definition) is 6. The molecule has 0 radical (unpaired) electrons. The van der Waals surface area contributed by atoms with Gasteiger partial charge in [0.25, 0.3) is 0 Å². The van der Waals surface area contributed by atoms with Gasteiger partial charge in [-0.25, -0.2) is 14.7 Å². The molecule has 0 spiro atoms. The van der Waals surface area contributed by atoms with Gasteiger partial charge in [-0.1, -0.05) is 48.0 Å². The van der Waals surface area contributed by atoms with Crippen molar-refractivity contribution in [1.82, 2.24) is 14.8 Å². The first-order valence-corrected chi connectivity index (χ1v) is 13.0. The quantitative estimate of drug-likeness (QED) is 0.285. The van der Waals surface area contributed by atoms with E-state index < -0.39 is 0 Å². The fraction of sp³-hybridized carbons (Fsp3) is 0.125. The number of fused-ring (bicyclic) bond motifs is 4. The second kappa shape index (κ2) is 9.06. The number of para-hydroxylation sites is 2. The molecule has 7 rings (SSSR count). The van der Waals surface area contributed by atoms with Crippen molar-refractivity contribution >= 4 is 34.6 Å². The number of benzene rings is 3. The molecule has 7 heteroatoms. The zero-order valence-electron chi connectivity index (χ0n) is 22.0. The van der Waals surface area contributed by atoms with E-state index in [-0.39, 0.29) is 6.04 Å². The highest BCUT2D eigenvalue weighted by Crippen LogP contribution is 2.47. The van der Waals surface area contributed by atoms with Crippen molar-refractivity contribution in [3.63, 3.8) is 0 Å². The molecular weight excluding hydrogens is 482 g/mol. The van der Waals surface area contributed by atoms with Crippen molar-refractivity contribution in [3.05, 3.63) is 125 Å². The normalized spacial score (nSPS) is 15.6. The zero-order valence-corrected chi connectivity index (χ0v) is 22.0. The van der Waals surface area contributed by atoms with Gasteiger partial charge >= 0.3 is 0 Å². The standard InChI is InChI=1S/C32H27N7/c1-20-14-16-24(17-15-20)39-31-28(22(3)37-39)29(26-12-6-7-18-33-26)38-27-13-5-4-11-25(27)35-30(32(38)36-31)34-23-10-8-9-21(2)19-23/h4-19,29H,1-3H3,(H,34,35). The SMILES string of the molecule is Cc1ccc(-n2nc(C)c3c2N=C2C(Nc4cccc(C)c4)=Nc4ccccc4N2C3c2ccccn2)cc1. The molecule has 5 aromatic rings. The Labute approximate surface area is 227 Å². The summed E-state index contributed by atoms with van der Waals surface area (Å²) in [5.74, 6) is 2.20. The molecule has 1 N–H and O–H groups in total. The Morgan fingerprint density at radius 2 is 1.59 bits per heavy atom. The molecule has 2 aliphatic rings. The molecular formula is C32H27N7. The van der Waals surface area contributed by atoms with Gasteiger partial charge in [-0.05, 0) is 74.9 Å². The van der Waals surface area contributed by atoms with Crippen molar-refractivity contribution in [2.45, 2.75) is 26.8 Å². The maximum Gasteiger partial charge on any atom is 0.179 e. The second-order valence-electron chi connectivity index (χ2n) is 9.98. The highest BCUT2D eigenvalue weighted by atomic mass is 15.4. The van der Waals surface area contributed by atoms with Crippen LogP contribution in [-0.4, -0.2) is 26.4 Å². The van der Waals surface area contributed by atoms with Gasteiger partial charge < -0.3 is 10.2 Å². The summed E-state index contributed by atoms with van der Waals surface area (Å²) in [7, 11) is 0. The zero-order chi connectivity index (χ0) is 26.5. The van der Waals surface area contributed by atoms with Gasteiger partial charge in [0, 0.05) is 17.4 Å². The number of amidine groups is 2. The minimum absolute atomic E-state index is 0.237. The van der Waals surface area contributed by atoms with Gasteiger partial charge in [0.15, 0.2) is 17.5 Å². The van der Waals surface area contributed by atoms with Gasteiger partial charge in [0.1, 0.15) is 6.04 Å². The molecule has 0 fully saturated rings. The van der Waals surface area contributed by atoms with Crippen molar-refractivity contribution < 1.29 is 0 Å². The first kappa shape index (κ1) is 23.1. The van der Waals surface area contributed by atoms with Gasteiger partial charge in [0.2, 0.25) is 0 Å². The lowest BCUT2D eigenvalue weighted by Crippen LogP contribution is -2.46. The number of nitrogens with zero attached hydrogens (tertiary/aromatic N) is 6. The van der Waals surface area contributed by atoms with Gasteiger partial charge in [-0.2, -0.15) is 5.10 Å². The van der Waals surface area contributed by atoms with E-state index in [1.54, 1.807) is 0 Å². The van der Waals surface area contributed by atoms with Crippen LogP contribution in [-0.2, 0) is 0 Å². The highest BCUT2D eigenvalue weighted by Gasteiger charge is 2.42. The van der Waals surface area contributed by atoms with E-state index >= 15 is 0 Å². The monoisotopic (exact) mass is 509 g/mol. The molecule has 0 saturated carbocycles. The lowest BCUT2D eigenvalue weighted by Gasteiger charge is -2.40. The summed E-state index contributed by atoms with van der Waals surface area (Å²) >= 11 is 0. The molecule has 39 heavy (non-hydrogen) atoms. The molecule has 190 valence electrons. The van der Waals surface area contributed by atoms with E-state index in [9.17, 15) is 0 Å². The highest BCUT2D eigenvalue weighted by molar-refractivity contribution is 6.51. The number of aliphatic imine (C=N–C) groups is 2. The average Bonchev–Trinajstić information content (AvgIpc) is 3.29. The van der Waals surface area contributed by atoms with Crippen LogP contribution in [0.3, 0.4) is 0 Å².